The van der Waals surface area contributed by atoms with Gasteiger partial charge >= 0.3 is 6.18 Å². The van der Waals surface area contributed by atoms with Gasteiger partial charge in [0.1, 0.15) is 0 Å². The Balaban J connectivity index is 1.27. The average Bonchev–Trinajstić information content (AvgIpc) is 3.41. The number of carbonyl (C=O) groups excluding carboxylic acids is 1. The van der Waals surface area contributed by atoms with Crippen molar-refractivity contribution in [2.45, 2.75) is 65.2 Å². The maximum atomic E-state index is 13.9. The molecule has 3 aliphatic carbocycles. The maximum Gasteiger partial charge on any atom is 0.435 e. The Kier molecular flexibility index (Phi) is 5.57. The summed E-state index contributed by atoms with van der Waals surface area (Å²) in [5.74, 6) is 0.442. The normalized spacial score (nSPS) is 22.1. The van der Waals surface area contributed by atoms with Crippen molar-refractivity contribution in [3.63, 3.8) is 0 Å². The van der Waals surface area contributed by atoms with Crippen LogP contribution < -0.4 is 10.6 Å². The molecule has 0 spiro atoms. The minimum atomic E-state index is -4.61. The topological polar surface area (TPSA) is 89.1 Å². The number of hydrogen-bond donors (Lipinski definition) is 2. The lowest BCUT2D eigenvalue weighted by atomic mass is 9.40. The van der Waals surface area contributed by atoms with Crippen LogP contribution in [0.25, 0.3) is 16.9 Å². The van der Waals surface area contributed by atoms with Crippen LogP contribution in [0, 0.1) is 18.3 Å². The van der Waals surface area contributed by atoms with Crippen molar-refractivity contribution < 1.29 is 18.0 Å². The molecule has 1 amide bonds. The van der Waals surface area contributed by atoms with Crippen LogP contribution in [0.4, 0.5) is 24.7 Å². The van der Waals surface area contributed by atoms with Crippen LogP contribution in [0.2, 0.25) is 0 Å². The van der Waals surface area contributed by atoms with Gasteiger partial charge in [-0.1, -0.05) is 20.8 Å². The first-order chi connectivity index (χ1) is 18.3. The predicted octanol–water partition coefficient (Wildman–Crippen LogP) is 5.99. The number of hydrogen-bond acceptors (Lipinski definition) is 5. The number of fused-ring (bicyclic) bond motifs is 1. The minimum Gasteiger partial charge on any atom is -0.347 e. The fourth-order valence-electron chi connectivity index (χ4n) is 6.36. The van der Waals surface area contributed by atoms with Crippen molar-refractivity contribution >= 4 is 23.1 Å². The number of aromatic nitrogens is 5. The standard InChI is InChI=1S/C28H30F3N7O/c1-16(2)11-37-12-20(22(36-37)28(29,30)31)21-10-33-24-23(32-7-8-38(21)24)34-18-5-6-19(17(3)9-18)25(39)35-27-13-26(4,14-27)15-27/h5-10,12,16H,11,13-15H2,1-4H3,(H,32,34)(H,35,39). The highest BCUT2D eigenvalue weighted by Crippen LogP contribution is 2.66. The third-order valence-electron chi connectivity index (χ3n) is 7.69. The predicted molar refractivity (Wildman–Crippen MR) is 141 cm³/mol. The number of nitrogens with one attached hydrogen (secondary N) is 2. The van der Waals surface area contributed by atoms with Gasteiger partial charge in [0, 0.05) is 41.9 Å². The van der Waals surface area contributed by atoms with E-state index in [9.17, 15) is 18.0 Å². The van der Waals surface area contributed by atoms with Gasteiger partial charge in [-0.15, -0.1) is 0 Å². The highest BCUT2D eigenvalue weighted by atomic mass is 19.4. The van der Waals surface area contributed by atoms with Crippen LogP contribution in [0.1, 0.15) is 61.6 Å². The summed E-state index contributed by atoms with van der Waals surface area (Å²) in [6, 6.07) is 5.42. The maximum absolute atomic E-state index is 13.9. The average molecular weight is 538 g/mol. The van der Waals surface area contributed by atoms with E-state index >= 15 is 0 Å². The number of halogens is 3. The van der Waals surface area contributed by atoms with E-state index in [4.69, 9.17) is 0 Å². The molecule has 8 nitrogen and oxygen atoms in total. The number of amides is 1. The Bertz CT molecular complexity index is 1580. The number of alkyl halides is 3. The molecule has 0 atom stereocenters. The smallest absolute Gasteiger partial charge is 0.347 e. The quantitative estimate of drug-likeness (QED) is 0.302. The lowest BCUT2D eigenvalue weighted by molar-refractivity contribution is -0.141. The number of anilines is 2. The number of nitrogens with zero attached hydrogens (tertiary/aromatic N) is 5. The largest absolute Gasteiger partial charge is 0.435 e. The molecule has 3 saturated carbocycles. The second-order valence-corrected chi connectivity index (χ2v) is 11.8. The molecule has 7 rings (SSSR count). The van der Waals surface area contributed by atoms with Crippen molar-refractivity contribution in [1.29, 1.82) is 0 Å². The first-order valence-electron chi connectivity index (χ1n) is 13.0. The third kappa shape index (κ3) is 4.43. The van der Waals surface area contributed by atoms with Gasteiger partial charge in [0.25, 0.3) is 5.91 Å². The van der Waals surface area contributed by atoms with E-state index in [2.05, 4.69) is 32.6 Å². The summed E-state index contributed by atoms with van der Waals surface area (Å²) in [7, 11) is 0. The van der Waals surface area contributed by atoms with Gasteiger partial charge < -0.3 is 10.6 Å². The summed E-state index contributed by atoms with van der Waals surface area (Å²) in [6.07, 6.45) is 4.40. The van der Waals surface area contributed by atoms with Crippen LogP contribution in [0.3, 0.4) is 0 Å². The van der Waals surface area contributed by atoms with Crippen LogP contribution in [-0.2, 0) is 12.7 Å². The molecule has 4 aromatic rings. The molecular weight excluding hydrogens is 507 g/mol. The molecule has 2 bridgehead atoms. The summed E-state index contributed by atoms with van der Waals surface area (Å²) in [4.78, 5) is 21.7. The molecule has 11 heteroatoms. The Morgan fingerprint density at radius 2 is 1.92 bits per heavy atom. The van der Waals surface area contributed by atoms with Crippen LogP contribution >= 0.6 is 0 Å². The molecular formula is C28H30F3N7O. The van der Waals surface area contributed by atoms with E-state index in [1.165, 1.54) is 23.3 Å². The highest BCUT2D eigenvalue weighted by molar-refractivity contribution is 5.97. The van der Waals surface area contributed by atoms with E-state index in [0.29, 0.717) is 34.7 Å². The molecule has 3 heterocycles. The molecule has 0 saturated heterocycles. The highest BCUT2D eigenvalue weighted by Gasteiger charge is 2.65. The van der Waals surface area contributed by atoms with Gasteiger partial charge in [0.2, 0.25) is 0 Å². The number of imidazole rings is 1. The van der Waals surface area contributed by atoms with Crippen molar-refractivity contribution in [2.75, 3.05) is 5.32 Å². The molecule has 204 valence electrons. The summed E-state index contributed by atoms with van der Waals surface area (Å²) in [5.41, 5.74) is 2.11. The zero-order valence-electron chi connectivity index (χ0n) is 22.2. The van der Waals surface area contributed by atoms with Crippen LogP contribution in [0.15, 0.2) is 43.0 Å². The van der Waals surface area contributed by atoms with Gasteiger partial charge in [-0.05, 0) is 61.3 Å². The minimum absolute atomic E-state index is 0.0373. The first kappa shape index (κ1) is 25.4. The van der Waals surface area contributed by atoms with Gasteiger partial charge in [0.05, 0.1) is 17.5 Å². The summed E-state index contributed by atoms with van der Waals surface area (Å²) >= 11 is 0. The second kappa shape index (κ2) is 8.56. The zero-order chi connectivity index (χ0) is 27.7. The Morgan fingerprint density at radius 1 is 1.18 bits per heavy atom. The second-order valence-electron chi connectivity index (χ2n) is 11.8. The van der Waals surface area contributed by atoms with Crippen molar-refractivity contribution in [1.82, 2.24) is 29.5 Å². The fourth-order valence-corrected chi connectivity index (χ4v) is 6.36. The van der Waals surface area contributed by atoms with E-state index in [0.717, 1.165) is 24.8 Å². The molecule has 3 aromatic heterocycles. The van der Waals surface area contributed by atoms with Gasteiger partial charge in [0.15, 0.2) is 17.2 Å². The summed E-state index contributed by atoms with van der Waals surface area (Å²) in [6.45, 7) is 8.33. The van der Waals surface area contributed by atoms with Gasteiger partial charge in [-0.2, -0.15) is 18.3 Å². The lowest BCUT2D eigenvalue weighted by Crippen LogP contribution is -2.73. The van der Waals surface area contributed by atoms with Crippen molar-refractivity contribution in [2.24, 2.45) is 11.3 Å². The molecule has 0 aliphatic heterocycles. The molecule has 0 radical (unpaired) electrons. The Hall–Kier alpha value is -3.89. The van der Waals surface area contributed by atoms with Crippen LogP contribution in [0.5, 0.6) is 0 Å². The number of benzene rings is 1. The Labute approximate surface area is 223 Å². The van der Waals surface area contributed by atoms with Crippen molar-refractivity contribution in [3.05, 3.63) is 59.8 Å². The molecule has 2 N–H and O–H groups in total. The van der Waals surface area contributed by atoms with Crippen LogP contribution in [-0.4, -0.2) is 35.6 Å². The fraction of sp³-hybridized carbons (Fsp3) is 0.429. The zero-order valence-corrected chi connectivity index (χ0v) is 22.2. The molecule has 0 unspecified atom stereocenters. The number of rotatable bonds is 7. The summed E-state index contributed by atoms with van der Waals surface area (Å²) in [5, 5.41) is 10.2. The number of carbonyl (C=O) groups is 1. The van der Waals surface area contributed by atoms with Gasteiger partial charge in [-0.25, -0.2) is 9.97 Å². The SMILES string of the molecule is Cc1cc(Nc2nccn3c(-c4cn(CC(C)C)nc4C(F)(F)F)cnc23)ccc1C(=O)NC12CC(C)(C1)C2. The lowest BCUT2D eigenvalue weighted by Gasteiger charge is -2.69. The van der Waals surface area contributed by atoms with Crippen molar-refractivity contribution in [3.8, 4) is 11.3 Å². The monoisotopic (exact) mass is 537 g/mol. The third-order valence-corrected chi connectivity index (χ3v) is 7.69. The Morgan fingerprint density at radius 3 is 2.56 bits per heavy atom. The van der Waals surface area contributed by atoms with Gasteiger partial charge in [-0.3, -0.25) is 13.9 Å². The number of aryl methyl sites for hydroxylation is 1. The van der Waals surface area contributed by atoms with E-state index in [1.54, 1.807) is 22.7 Å². The summed E-state index contributed by atoms with van der Waals surface area (Å²) < 4.78 is 44.5. The first-order valence-corrected chi connectivity index (χ1v) is 13.0. The molecule has 3 fully saturated rings. The van der Waals surface area contributed by atoms with E-state index in [1.807, 2.05) is 26.8 Å². The molecule has 3 aliphatic rings. The molecule has 1 aromatic carbocycles. The molecule has 39 heavy (non-hydrogen) atoms. The van der Waals surface area contributed by atoms with E-state index < -0.39 is 11.9 Å². The van der Waals surface area contributed by atoms with E-state index in [-0.39, 0.29) is 28.6 Å².